The maximum absolute atomic E-state index is 13.9. The minimum absolute atomic E-state index is 0.144. The fourth-order valence-electron chi connectivity index (χ4n) is 2.80. The molecule has 0 spiro atoms. The lowest BCUT2D eigenvalue weighted by Crippen LogP contribution is -2.03. The summed E-state index contributed by atoms with van der Waals surface area (Å²) in [6, 6.07) is 14.8. The minimum atomic E-state index is -0.685. The second-order valence-electron chi connectivity index (χ2n) is 5.83. The Morgan fingerprint density at radius 2 is 1.73 bits per heavy atom. The van der Waals surface area contributed by atoms with Gasteiger partial charge in [0.05, 0.1) is 11.4 Å². The molecule has 4 aromatic rings. The summed E-state index contributed by atoms with van der Waals surface area (Å²) in [4.78, 5) is 4.12. The highest BCUT2D eigenvalue weighted by Gasteiger charge is 2.12. The largest absolute Gasteiger partial charge is 0.336 e. The van der Waals surface area contributed by atoms with E-state index in [0.29, 0.717) is 12.2 Å². The molecule has 0 amide bonds. The number of benzene rings is 2. The number of anilines is 2. The Balaban J connectivity index is 1.74. The Bertz CT molecular complexity index is 1070. The number of aromatic nitrogens is 3. The van der Waals surface area contributed by atoms with E-state index in [9.17, 15) is 8.78 Å². The van der Waals surface area contributed by atoms with Crippen molar-refractivity contribution >= 4 is 22.3 Å². The number of halogens is 2. The predicted molar refractivity (Wildman–Crippen MR) is 96.2 cm³/mol. The zero-order valence-corrected chi connectivity index (χ0v) is 13.7. The van der Waals surface area contributed by atoms with Crippen LogP contribution in [0, 0.1) is 11.6 Å². The molecular formula is C20H14F2N4. The van der Waals surface area contributed by atoms with E-state index in [1.165, 1.54) is 12.1 Å². The summed E-state index contributed by atoms with van der Waals surface area (Å²) in [6.45, 7) is 0. The number of fused-ring (bicyclic) bond motifs is 1. The van der Waals surface area contributed by atoms with Crippen LogP contribution in [-0.4, -0.2) is 15.2 Å². The minimum Gasteiger partial charge on any atom is -0.336 e. The fourth-order valence-corrected chi connectivity index (χ4v) is 2.80. The standard InChI is InChI=1S/C20H14F2N4/c21-14-7-8-18(17(22)11-14)24-20-16-6-2-1-5-15(16)19(25-26-20)10-13-4-3-9-23-12-13/h1-9,11-12H,10H2,(H,24,26). The van der Waals surface area contributed by atoms with Crippen LogP contribution in [0.4, 0.5) is 20.3 Å². The maximum atomic E-state index is 13.9. The number of nitrogens with zero attached hydrogens (tertiary/aromatic N) is 3. The lowest BCUT2D eigenvalue weighted by atomic mass is 10.1. The lowest BCUT2D eigenvalue weighted by molar-refractivity contribution is 0.586. The van der Waals surface area contributed by atoms with Gasteiger partial charge in [-0.15, -0.1) is 5.10 Å². The quantitative estimate of drug-likeness (QED) is 0.584. The smallest absolute Gasteiger partial charge is 0.161 e. The normalized spacial score (nSPS) is 10.8. The molecule has 0 saturated heterocycles. The van der Waals surface area contributed by atoms with Gasteiger partial charge in [0.15, 0.2) is 5.82 Å². The summed E-state index contributed by atoms with van der Waals surface area (Å²) in [5.74, 6) is -0.896. The van der Waals surface area contributed by atoms with Crippen LogP contribution < -0.4 is 5.32 Å². The highest BCUT2D eigenvalue weighted by Crippen LogP contribution is 2.28. The molecular weight excluding hydrogens is 334 g/mol. The molecule has 0 aliphatic rings. The van der Waals surface area contributed by atoms with E-state index in [0.717, 1.165) is 28.1 Å². The maximum Gasteiger partial charge on any atom is 0.161 e. The molecule has 0 bridgehead atoms. The van der Waals surface area contributed by atoms with Crippen LogP contribution in [0.1, 0.15) is 11.3 Å². The molecule has 0 saturated carbocycles. The van der Waals surface area contributed by atoms with Crippen molar-refractivity contribution in [3.63, 3.8) is 0 Å². The van der Waals surface area contributed by atoms with E-state index >= 15 is 0 Å². The number of rotatable bonds is 4. The summed E-state index contributed by atoms with van der Waals surface area (Å²) >= 11 is 0. The van der Waals surface area contributed by atoms with Crippen molar-refractivity contribution in [1.82, 2.24) is 15.2 Å². The van der Waals surface area contributed by atoms with Gasteiger partial charge in [0.25, 0.3) is 0 Å². The summed E-state index contributed by atoms with van der Waals surface area (Å²) in [5, 5.41) is 13.2. The second kappa shape index (κ2) is 6.84. The van der Waals surface area contributed by atoms with Crippen molar-refractivity contribution in [2.45, 2.75) is 6.42 Å². The Hall–Kier alpha value is -3.41. The van der Waals surface area contributed by atoms with Gasteiger partial charge in [-0.05, 0) is 23.8 Å². The van der Waals surface area contributed by atoms with Crippen molar-refractivity contribution in [3.8, 4) is 0 Å². The Kier molecular flexibility index (Phi) is 4.23. The first kappa shape index (κ1) is 16.1. The molecule has 0 aliphatic carbocycles. The SMILES string of the molecule is Fc1ccc(Nc2nnc(Cc3cccnc3)c3ccccc23)c(F)c1. The van der Waals surface area contributed by atoms with Gasteiger partial charge in [-0.25, -0.2) is 8.78 Å². The average Bonchev–Trinajstić information content (AvgIpc) is 2.66. The number of pyridine rings is 1. The van der Waals surface area contributed by atoms with Gasteiger partial charge in [-0.1, -0.05) is 30.3 Å². The molecule has 0 radical (unpaired) electrons. The van der Waals surface area contributed by atoms with Crippen LogP contribution in [0.2, 0.25) is 0 Å². The predicted octanol–water partition coefficient (Wildman–Crippen LogP) is 4.64. The number of hydrogen-bond acceptors (Lipinski definition) is 4. The van der Waals surface area contributed by atoms with E-state index in [4.69, 9.17) is 0 Å². The van der Waals surface area contributed by atoms with Crippen molar-refractivity contribution < 1.29 is 8.78 Å². The molecule has 128 valence electrons. The molecule has 4 rings (SSSR count). The Labute approximate surface area is 148 Å². The fraction of sp³-hybridized carbons (Fsp3) is 0.0500. The first-order valence-electron chi connectivity index (χ1n) is 8.06. The average molecular weight is 348 g/mol. The summed E-state index contributed by atoms with van der Waals surface area (Å²) in [6.07, 6.45) is 4.10. The van der Waals surface area contributed by atoms with Crippen LogP contribution in [0.15, 0.2) is 67.0 Å². The molecule has 2 heterocycles. The van der Waals surface area contributed by atoms with Crippen LogP contribution in [-0.2, 0) is 6.42 Å². The van der Waals surface area contributed by atoms with Crippen molar-refractivity contribution in [3.05, 3.63) is 89.9 Å². The van der Waals surface area contributed by atoms with Gasteiger partial charge < -0.3 is 5.32 Å². The molecule has 26 heavy (non-hydrogen) atoms. The summed E-state index contributed by atoms with van der Waals surface area (Å²) < 4.78 is 27.0. The lowest BCUT2D eigenvalue weighted by Gasteiger charge is -2.11. The van der Waals surface area contributed by atoms with Crippen molar-refractivity contribution in [2.24, 2.45) is 0 Å². The third-order valence-corrected chi connectivity index (χ3v) is 4.04. The molecule has 0 atom stereocenters. The second-order valence-corrected chi connectivity index (χ2v) is 5.83. The highest BCUT2D eigenvalue weighted by molar-refractivity contribution is 5.94. The molecule has 0 aliphatic heterocycles. The van der Waals surface area contributed by atoms with E-state index < -0.39 is 11.6 Å². The van der Waals surface area contributed by atoms with Gasteiger partial charge in [-0.3, -0.25) is 4.98 Å². The highest BCUT2D eigenvalue weighted by atomic mass is 19.1. The molecule has 2 aromatic heterocycles. The zero-order chi connectivity index (χ0) is 17.9. The summed E-state index contributed by atoms with van der Waals surface area (Å²) in [7, 11) is 0. The van der Waals surface area contributed by atoms with Crippen molar-refractivity contribution in [1.29, 1.82) is 0 Å². The zero-order valence-electron chi connectivity index (χ0n) is 13.7. The van der Waals surface area contributed by atoms with Gasteiger partial charge in [-0.2, -0.15) is 5.10 Å². The van der Waals surface area contributed by atoms with Crippen molar-refractivity contribution in [2.75, 3.05) is 5.32 Å². The molecule has 4 nitrogen and oxygen atoms in total. The number of nitrogens with one attached hydrogen (secondary N) is 1. The van der Waals surface area contributed by atoms with E-state index in [-0.39, 0.29) is 5.69 Å². The molecule has 0 unspecified atom stereocenters. The van der Waals surface area contributed by atoms with Crippen LogP contribution in [0.3, 0.4) is 0 Å². The monoisotopic (exact) mass is 348 g/mol. The Morgan fingerprint density at radius 1 is 0.885 bits per heavy atom. The van der Waals surface area contributed by atoms with Crippen LogP contribution in [0.5, 0.6) is 0 Å². The van der Waals surface area contributed by atoms with Crippen LogP contribution >= 0.6 is 0 Å². The van der Waals surface area contributed by atoms with E-state index in [2.05, 4.69) is 20.5 Å². The molecule has 2 aromatic carbocycles. The van der Waals surface area contributed by atoms with E-state index in [1.54, 1.807) is 12.4 Å². The first-order valence-corrected chi connectivity index (χ1v) is 8.06. The topological polar surface area (TPSA) is 50.7 Å². The first-order chi connectivity index (χ1) is 12.7. The Morgan fingerprint density at radius 3 is 2.50 bits per heavy atom. The van der Waals surface area contributed by atoms with Gasteiger partial charge in [0, 0.05) is 35.7 Å². The number of hydrogen-bond donors (Lipinski definition) is 1. The van der Waals surface area contributed by atoms with Gasteiger partial charge >= 0.3 is 0 Å². The third-order valence-electron chi connectivity index (χ3n) is 4.04. The molecule has 0 fully saturated rings. The molecule has 6 heteroatoms. The van der Waals surface area contributed by atoms with Gasteiger partial charge in [0.2, 0.25) is 0 Å². The van der Waals surface area contributed by atoms with Crippen LogP contribution in [0.25, 0.3) is 10.8 Å². The van der Waals surface area contributed by atoms with E-state index in [1.807, 2.05) is 36.4 Å². The van der Waals surface area contributed by atoms with Gasteiger partial charge in [0.1, 0.15) is 11.6 Å². The summed E-state index contributed by atoms with van der Waals surface area (Å²) in [5.41, 5.74) is 1.97. The third kappa shape index (κ3) is 3.21. The molecule has 1 N–H and O–H groups in total.